The number of anilines is 1. The first-order valence-electron chi connectivity index (χ1n) is 9.22. The number of para-hydroxylation sites is 2. The number of ether oxygens (including phenoxy) is 1. The fraction of sp³-hybridized carbons (Fsp3) is 0.300. The molecular formula is C20H23N3O5S. The Hall–Kier alpha value is -2.91. The predicted molar refractivity (Wildman–Crippen MR) is 108 cm³/mol. The van der Waals surface area contributed by atoms with Gasteiger partial charge in [0.25, 0.3) is 0 Å². The number of nitrogens with one attached hydrogen (secondary N) is 2. The number of carbonyl (C=O) groups is 2. The maximum Gasteiger partial charge on any atom is 0.240 e. The number of hydrogen-bond acceptors (Lipinski definition) is 5. The SMILES string of the molecule is CNS(=O)(=O)c1cccc(CNC(=O)CCC(=O)N2CCOc3ccccc32)c1. The van der Waals surface area contributed by atoms with E-state index in [1.54, 1.807) is 17.0 Å². The van der Waals surface area contributed by atoms with Crippen molar-refractivity contribution in [1.82, 2.24) is 10.0 Å². The minimum atomic E-state index is -3.54. The van der Waals surface area contributed by atoms with Crippen molar-refractivity contribution in [1.29, 1.82) is 0 Å². The van der Waals surface area contributed by atoms with Gasteiger partial charge in [-0.05, 0) is 36.9 Å². The molecule has 9 heteroatoms. The second-order valence-corrected chi connectivity index (χ2v) is 8.38. The zero-order chi connectivity index (χ0) is 20.9. The molecule has 0 fully saturated rings. The van der Waals surface area contributed by atoms with E-state index in [4.69, 9.17) is 4.74 Å². The van der Waals surface area contributed by atoms with Gasteiger partial charge < -0.3 is 15.0 Å². The van der Waals surface area contributed by atoms with E-state index >= 15 is 0 Å². The van der Waals surface area contributed by atoms with E-state index in [1.165, 1.54) is 19.2 Å². The van der Waals surface area contributed by atoms with Crippen LogP contribution in [0.15, 0.2) is 53.4 Å². The van der Waals surface area contributed by atoms with Crippen molar-refractivity contribution < 1.29 is 22.7 Å². The molecule has 0 bridgehead atoms. The van der Waals surface area contributed by atoms with Gasteiger partial charge in [0.1, 0.15) is 12.4 Å². The summed E-state index contributed by atoms with van der Waals surface area (Å²) >= 11 is 0. The largest absolute Gasteiger partial charge is 0.490 e. The fourth-order valence-corrected chi connectivity index (χ4v) is 3.81. The average Bonchev–Trinajstić information content (AvgIpc) is 2.75. The maximum absolute atomic E-state index is 12.5. The molecule has 3 rings (SSSR count). The van der Waals surface area contributed by atoms with E-state index in [-0.39, 0.29) is 36.1 Å². The summed E-state index contributed by atoms with van der Waals surface area (Å²) in [4.78, 5) is 26.5. The van der Waals surface area contributed by atoms with Crippen LogP contribution in [0, 0.1) is 0 Å². The van der Waals surface area contributed by atoms with Gasteiger partial charge in [-0.25, -0.2) is 13.1 Å². The molecule has 0 spiro atoms. The number of amides is 2. The van der Waals surface area contributed by atoms with Crippen LogP contribution in [0.1, 0.15) is 18.4 Å². The maximum atomic E-state index is 12.5. The number of nitrogens with zero attached hydrogens (tertiary/aromatic N) is 1. The highest BCUT2D eigenvalue weighted by molar-refractivity contribution is 7.89. The van der Waals surface area contributed by atoms with Gasteiger partial charge in [0.05, 0.1) is 17.1 Å². The molecule has 2 aromatic carbocycles. The summed E-state index contributed by atoms with van der Waals surface area (Å²) in [6.45, 7) is 1.05. The highest BCUT2D eigenvalue weighted by Gasteiger charge is 2.23. The number of carbonyl (C=O) groups excluding carboxylic acids is 2. The Morgan fingerprint density at radius 1 is 1.10 bits per heavy atom. The minimum absolute atomic E-state index is 0.0485. The Labute approximate surface area is 169 Å². The molecule has 1 aliphatic rings. The van der Waals surface area contributed by atoms with Crippen molar-refractivity contribution >= 4 is 27.5 Å². The van der Waals surface area contributed by atoms with Crippen LogP contribution in [0.4, 0.5) is 5.69 Å². The fourth-order valence-electron chi connectivity index (χ4n) is 3.01. The Morgan fingerprint density at radius 2 is 1.90 bits per heavy atom. The third-order valence-electron chi connectivity index (χ3n) is 4.56. The topological polar surface area (TPSA) is 105 Å². The molecule has 0 aliphatic carbocycles. The van der Waals surface area contributed by atoms with Gasteiger partial charge in [-0.1, -0.05) is 24.3 Å². The van der Waals surface area contributed by atoms with E-state index in [1.807, 2.05) is 24.3 Å². The van der Waals surface area contributed by atoms with E-state index < -0.39 is 10.0 Å². The van der Waals surface area contributed by atoms with E-state index in [2.05, 4.69) is 10.0 Å². The van der Waals surface area contributed by atoms with Crippen LogP contribution in [-0.2, 0) is 26.2 Å². The van der Waals surface area contributed by atoms with Crippen molar-refractivity contribution in [2.45, 2.75) is 24.3 Å². The third kappa shape index (κ3) is 5.12. The number of fused-ring (bicyclic) bond motifs is 1. The third-order valence-corrected chi connectivity index (χ3v) is 5.97. The summed E-state index contributed by atoms with van der Waals surface area (Å²) in [5.41, 5.74) is 1.37. The Kier molecular flexibility index (Phi) is 6.50. The summed E-state index contributed by atoms with van der Waals surface area (Å²) in [7, 11) is -2.20. The second kappa shape index (κ2) is 9.06. The van der Waals surface area contributed by atoms with Crippen LogP contribution in [0.5, 0.6) is 5.75 Å². The highest BCUT2D eigenvalue weighted by Crippen LogP contribution is 2.31. The van der Waals surface area contributed by atoms with Gasteiger partial charge in [0, 0.05) is 19.4 Å². The van der Waals surface area contributed by atoms with Crippen molar-refractivity contribution in [2.24, 2.45) is 0 Å². The Bertz CT molecular complexity index is 1010. The number of rotatable bonds is 7. The monoisotopic (exact) mass is 417 g/mol. The molecule has 0 aromatic heterocycles. The molecule has 0 saturated heterocycles. The number of hydrogen-bond donors (Lipinski definition) is 2. The quantitative estimate of drug-likeness (QED) is 0.709. The molecule has 0 unspecified atom stereocenters. The van der Waals surface area contributed by atoms with Crippen LogP contribution < -0.4 is 19.7 Å². The van der Waals surface area contributed by atoms with E-state index in [0.717, 1.165) is 0 Å². The van der Waals surface area contributed by atoms with E-state index in [9.17, 15) is 18.0 Å². The molecule has 0 saturated carbocycles. The van der Waals surface area contributed by atoms with Gasteiger partial charge in [-0.2, -0.15) is 0 Å². The Balaban J connectivity index is 1.52. The number of sulfonamides is 1. The molecular weight excluding hydrogens is 394 g/mol. The predicted octanol–water partition coefficient (Wildman–Crippen LogP) is 1.42. The molecule has 154 valence electrons. The van der Waals surface area contributed by atoms with Crippen molar-refractivity contribution in [2.75, 3.05) is 25.1 Å². The van der Waals surface area contributed by atoms with Crippen LogP contribution in [0.3, 0.4) is 0 Å². The lowest BCUT2D eigenvalue weighted by Crippen LogP contribution is -2.38. The van der Waals surface area contributed by atoms with Crippen LogP contribution in [0.2, 0.25) is 0 Å². The van der Waals surface area contributed by atoms with Crippen LogP contribution in [-0.4, -0.2) is 40.4 Å². The first-order valence-corrected chi connectivity index (χ1v) is 10.7. The summed E-state index contributed by atoms with van der Waals surface area (Å²) in [6, 6.07) is 13.6. The zero-order valence-corrected chi connectivity index (χ0v) is 16.9. The van der Waals surface area contributed by atoms with Gasteiger partial charge in [0.2, 0.25) is 21.8 Å². The summed E-state index contributed by atoms with van der Waals surface area (Å²) < 4.78 is 31.5. The summed E-state index contributed by atoms with van der Waals surface area (Å²) in [5, 5.41) is 2.72. The smallest absolute Gasteiger partial charge is 0.240 e. The van der Waals surface area contributed by atoms with Gasteiger partial charge in [-0.15, -0.1) is 0 Å². The first kappa shape index (κ1) is 20.8. The van der Waals surface area contributed by atoms with Crippen LogP contribution in [0.25, 0.3) is 0 Å². The lowest BCUT2D eigenvalue weighted by molar-refractivity contribution is -0.125. The summed E-state index contributed by atoms with van der Waals surface area (Å²) in [5.74, 6) is 0.243. The molecule has 1 heterocycles. The molecule has 0 radical (unpaired) electrons. The molecule has 2 amide bonds. The van der Waals surface area contributed by atoms with Gasteiger partial charge >= 0.3 is 0 Å². The van der Waals surface area contributed by atoms with Crippen LogP contribution >= 0.6 is 0 Å². The molecule has 8 nitrogen and oxygen atoms in total. The van der Waals surface area contributed by atoms with Crippen molar-refractivity contribution in [3.8, 4) is 5.75 Å². The molecule has 2 N–H and O–H groups in total. The van der Waals surface area contributed by atoms with Gasteiger partial charge in [0.15, 0.2) is 0 Å². The lowest BCUT2D eigenvalue weighted by Gasteiger charge is -2.29. The standard InChI is InChI=1S/C20H23N3O5S/c1-21-29(26,27)16-6-4-5-15(13-16)14-22-19(24)9-10-20(25)23-11-12-28-18-8-3-2-7-17(18)23/h2-8,13,21H,9-12,14H2,1H3,(H,22,24). The molecule has 2 aromatic rings. The van der Waals surface area contributed by atoms with Gasteiger partial charge in [-0.3, -0.25) is 9.59 Å². The highest BCUT2D eigenvalue weighted by atomic mass is 32.2. The molecule has 0 atom stereocenters. The second-order valence-electron chi connectivity index (χ2n) is 6.49. The minimum Gasteiger partial charge on any atom is -0.490 e. The molecule has 1 aliphatic heterocycles. The Morgan fingerprint density at radius 3 is 2.69 bits per heavy atom. The first-order chi connectivity index (χ1) is 13.9. The van der Waals surface area contributed by atoms with E-state index in [0.29, 0.717) is 30.2 Å². The normalized spacial score (nSPS) is 13.3. The summed E-state index contributed by atoms with van der Waals surface area (Å²) in [6.07, 6.45) is 0.126. The lowest BCUT2D eigenvalue weighted by atomic mass is 10.2. The zero-order valence-electron chi connectivity index (χ0n) is 16.1. The van der Waals surface area contributed by atoms with Crippen molar-refractivity contribution in [3.05, 3.63) is 54.1 Å². The average molecular weight is 417 g/mol. The number of benzene rings is 2. The molecule has 29 heavy (non-hydrogen) atoms. The van der Waals surface area contributed by atoms with Crippen molar-refractivity contribution in [3.63, 3.8) is 0 Å².